The Bertz CT molecular complexity index is 367. The summed E-state index contributed by atoms with van der Waals surface area (Å²) in [6, 6.07) is 3.93. The number of rotatable bonds is 1. The summed E-state index contributed by atoms with van der Waals surface area (Å²) in [5.41, 5.74) is 6.65. The van der Waals surface area contributed by atoms with Crippen LogP contribution in [0.1, 0.15) is 4.88 Å². The predicted octanol–water partition coefficient (Wildman–Crippen LogP) is 2.09. The molecule has 0 amide bonds. The van der Waals surface area contributed by atoms with Gasteiger partial charge in [-0.2, -0.15) is 0 Å². The van der Waals surface area contributed by atoms with E-state index in [0.29, 0.717) is 6.54 Å². The number of thiophene rings is 1. The smallest absolute Gasteiger partial charge is 0.0935 e. The van der Waals surface area contributed by atoms with Crippen molar-refractivity contribution in [3.63, 3.8) is 0 Å². The SMILES string of the molecule is NC1C=CC(c2ccc(Cl)s2)=NC1. The van der Waals surface area contributed by atoms with Gasteiger partial charge in [-0.15, -0.1) is 11.3 Å². The number of dihydropyridines is 1. The first kappa shape index (κ1) is 8.94. The molecule has 0 aromatic carbocycles. The maximum absolute atomic E-state index is 5.82. The summed E-state index contributed by atoms with van der Waals surface area (Å²) >= 11 is 7.36. The van der Waals surface area contributed by atoms with Crippen molar-refractivity contribution in [1.29, 1.82) is 0 Å². The highest BCUT2D eigenvalue weighted by Crippen LogP contribution is 2.23. The second-order valence-corrected chi connectivity index (χ2v) is 4.57. The van der Waals surface area contributed by atoms with Gasteiger partial charge in [-0.3, -0.25) is 4.99 Å². The summed E-state index contributed by atoms with van der Waals surface area (Å²) in [4.78, 5) is 5.46. The summed E-state index contributed by atoms with van der Waals surface area (Å²) < 4.78 is 0.793. The Kier molecular flexibility index (Phi) is 2.49. The van der Waals surface area contributed by atoms with Crippen LogP contribution in [0.3, 0.4) is 0 Å². The van der Waals surface area contributed by atoms with Gasteiger partial charge in [0.1, 0.15) is 0 Å². The molecule has 1 atom stereocenters. The molecule has 0 radical (unpaired) electrons. The molecule has 0 spiro atoms. The second kappa shape index (κ2) is 3.62. The molecule has 68 valence electrons. The molecule has 1 aliphatic rings. The molecule has 0 aliphatic carbocycles. The summed E-state index contributed by atoms with van der Waals surface area (Å²) in [7, 11) is 0. The number of hydrogen-bond acceptors (Lipinski definition) is 3. The molecule has 1 unspecified atom stereocenters. The molecule has 2 N–H and O–H groups in total. The first-order valence-corrected chi connectivity index (χ1v) is 5.19. The molecule has 0 saturated carbocycles. The fraction of sp³-hybridized carbons (Fsp3) is 0.222. The summed E-state index contributed by atoms with van der Waals surface area (Å²) in [5, 5.41) is 0. The monoisotopic (exact) mass is 212 g/mol. The Morgan fingerprint density at radius 2 is 2.38 bits per heavy atom. The first-order chi connectivity index (χ1) is 6.25. The van der Waals surface area contributed by atoms with Crippen molar-refractivity contribution >= 4 is 28.6 Å². The van der Waals surface area contributed by atoms with Crippen LogP contribution in [0.25, 0.3) is 0 Å². The molecule has 2 nitrogen and oxygen atoms in total. The highest BCUT2D eigenvalue weighted by molar-refractivity contribution is 7.18. The lowest BCUT2D eigenvalue weighted by Gasteiger charge is -2.09. The molecule has 0 saturated heterocycles. The number of allylic oxidation sites excluding steroid dienone is 1. The van der Waals surface area contributed by atoms with Crippen molar-refractivity contribution in [2.75, 3.05) is 6.54 Å². The Morgan fingerprint density at radius 3 is 2.92 bits per heavy atom. The highest BCUT2D eigenvalue weighted by Gasteiger charge is 2.08. The van der Waals surface area contributed by atoms with Crippen LogP contribution >= 0.6 is 22.9 Å². The van der Waals surface area contributed by atoms with E-state index >= 15 is 0 Å². The Hall–Kier alpha value is -0.640. The molecule has 0 fully saturated rings. The van der Waals surface area contributed by atoms with Crippen molar-refractivity contribution in [2.45, 2.75) is 6.04 Å². The van der Waals surface area contributed by atoms with E-state index in [-0.39, 0.29) is 6.04 Å². The molecule has 13 heavy (non-hydrogen) atoms. The van der Waals surface area contributed by atoms with E-state index in [1.807, 2.05) is 24.3 Å². The quantitative estimate of drug-likeness (QED) is 0.761. The maximum Gasteiger partial charge on any atom is 0.0935 e. The Labute approximate surface area is 85.7 Å². The van der Waals surface area contributed by atoms with Gasteiger partial charge in [-0.25, -0.2) is 0 Å². The third-order valence-corrected chi connectivity index (χ3v) is 3.05. The van der Waals surface area contributed by atoms with E-state index in [0.717, 1.165) is 14.9 Å². The molecule has 0 bridgehead atoms. The van der Waals surface area contributed by atoms with Gasteiger partial charge >= 0.3 is 0 Å². The zero-order valence-electron chi connectivity index (χ0n) is 6.90. The third kappa shape index (κ3) is 1.99. The van der Waals surface area contributed by atoms with Gasteiger partial charge in [0.25, 0.3) is 0 Å². The number of halogens is 1. The standard InChI is InChI=1S/C9H9ClN2S/c10-9-4-3-8(13-9)7-2-1-6(11)5-12-7/h1-4,6H,5,11H2. The molecule has 2 heterocycles. The number of hydrogen-bond donors (Lipinski definition) is 1. The first-order valence-electron chi connectivity index (χ1n) is 3.99. The van der Waals surface area contributed by atoms with E-state index < -0.39 is 0 Å². The third-order valence-electron chi connectivity index (χ3n) is 1.80. The van der Waals surface area contributed by atoms with E-state index in [9.17, 15) is 0 Å². The second-order valence-electron chi connectivity index (χ2n) is 2.85. The lowest BCUT2D eigenvalue weighted by atomic mass is 10.1. The van der Waals surface area contributed by atoms with Gasteiger partial charge < -0.3 is 5.73 Å². The van der Waals surface area contributed by atoms with Gasteiger partial charge in [-0.1, -0.05) is 17.7 Å². The topological polar surface area (TPSA) is 38.4 Å². The average Bonchev–Trinajstić information content (AvgIpc) is 2.53. The van der Waals surface area contributed by atoms with E-state index in [1.54, 1.807) is 0 Å². The zero-order valence-corrected chi connectivity index (χ0v) is 8.48. The number of aliphatic imine (C=N–C) groups is 1. The fourth-order valence-electron chi connectivity index (χ4n) is 1.14. The summed E-state index contributed by atoms with van der Waals surface area (Å²) in [5.74, 6) is 0. The number of nitrogens with zero attached hydrogens (tertiary/aromatic N) is 1. The molecule has 4 heteroatoms. The van der Waals surface area contributed by atoms with Crippen LogP contribution in [0.15, 0.2) is 29.3 Å². The van der Waals surface area contributed by atoms with Gasteiger partial charge in [-0.05, 0) is 18.2 Å². The van der Waals surface area contributed by atoms with E-state index in [1.165, 1.54) is 11.3 Å². The van der Waals surface area contributed by atoms with Crippen LogP contribution in [-0.4, -0.2) is 18.3 Å². The van der Waals surface area contributed by atoms with Crippen molar-refractivity contribution in [2.24, 2.45) is 10.7 Å². The highest BCUT2D eigenvalue weighted by atomic mass is 35.5. The van der Waals surface area contributed by atoms with Crippen LogP contribution in [0.4, 0.5) is 0 Å². The Morgan fingerprint density at radius 1 is 1.54 bits per heavy atom. The number of nitrogens with two attached hydrogens (primary N) is 1. The summed E-state index contributed by atoms with van der Waals surface area (Å²) in [6.07, 6.45) is 3.92. The molecular weight excluding hydrogens is 204 g/mol. The van der Waals surface area contributed by atoms with Gasteiger partial charge in [0.15, 0.2) is 0 Å². The largest absolute Gasteiger partial charge is 0.323 e. The fourth-order valence-corrected chi connectivity index (χ4v) is 2.18. The van der Waals surface area contributed by atoms with Crippen LogP contribution < -0.4 is 5.73 Å². The van der Waals surface area contributed by atoms with Crippen molar-refractivity contribution < 1.29 is 0 Å². The van der Waals surface area contributed by atoms with Crippen LogP contribution in [0.5, 0.6) is 0 Å². The minimum Gasteiger partial charge on any atom is -0.323 e. The molecule has 1 aromatic heterocycles. The van der Waals surface area contributed by atoms with Crippen molar-refractivity contribution in [1.82, 2.24) is 0 Å². The minimum atomic E-state index is 0.0687. The lowest BCUT2D eigenvalue weighted by molar-refractivity contribution is 0.817. The van der Waals surface area contributed by atoms with Crippen molar-refractivity contribution in [3.05, 3.63) is 33.5 Å². The summed E-state index contributed by atoms with van der Waals surface area (Å²) in [6.45, 7) is 0.668. The van der Waals surface area contributed by atoms with E-state index in [4.69, 9.17) is 17.3 Å². The predicted molar refractivity (Wildman–Crippen MR) is 57.8 cm³/mol. The maximum atomic E-state index is 5.82. The van der Waals surface area contributed by atoms with Crippen molar-refractivity contribution in [3.8, 4) is 0 Å². The zero-order chi connectivity index (χ0) is 9.26. The van der Waals surface area contributed by atoms with Crippen LogP contribution in [0.2, 0.25) is 4.34 Å². The normalized spacial score (nSPS) is 21.7. The minimum absolute atomic E-state index is 0.0687. The molecule has 1 aliphatic heterocycles. The average molecular weight is 213 g/mol. The van der Waals surface area contributed by atoms with Gasteiger partial charge in [0.2, 0.25) is 0 Å². The molecule has 1 aromatic rings. The van der Waals surface area contributed by atoms with E-state index in [2.05, 4.69) is 4.99 Å². The molecular formula is C9H9ClN2S. The lowest BCUT2D eigenvalue weighted by Crippen LogP contribution is -2.24. The van der Waals surface area contributed by atoms with Gasteiger partial charge in [0.05, 0.1) is 21.5 Å². The Balaban J connectivity index is 2.24. The molecule has 2 rings (SSSR count). The van der Waals surface area contributed by atoms with Crippen LogP contribution in [0, 0.1) is 0 Å². The van der Waals surface area contributed by atoms with Gasteiger partial charge in [0, 0.05) is 6.04 Å². The van der Waals surface area contributed by atoms with Crippen LogP contribution in [-0.2, 0) is 0 Å².